The van der Waals surface area contributed by atoms with Crippen molar-refractivity contribution in [3.05, 3.63) is 23.6 Å². The molecule has 5 nitrogen and oxygen atoms in total. The number of hydrogen-bond acceptors (Lipinski definition) is 5. The number of anilines is 1. The summed E-state index contributed by atoms with van der Waals surface area (Å²) < 4.78 is 0. The number of hydrogen-bond donors (Lipinski definition) is 1. The molecule has 18 heavy (non-hydrogen) atoms. The Balaban J connectivity index is 2.15. The third kappa shape index (κ3) is 1.89. The van der Waals surface area contributed by atoms with Crippen LogP contribution in [0.1, 0.15) is 12.8 Å². The quantitative estimate of drug-likeness (QED) is 0.836. The molecule has 0 saturated carbocycles. The number of pyridine rings is 1. The Morgan fingerprint density at radius 3 is 3.17 bits per heavy atom. The summed E-state index contributed by atoms with van der Waals surface area (Å²) in [5.41, 5.74) is 1.47. The van der Waals surface area contributed by atoms with Gasteiger partial charge in [0.15, 0.2) is 5.82 Å². The first kappa shape index (κ1) is 11.6. The summed E-state index contributed by atoms with van der Waals surface area (Å²) in [6.07, 6.45) is 3.72. The first-order chi connectivity index (χ1) is 8.79. The molecule has 0 aliphatic carbocycles. The summed E-state index contributed by atoms with van der Waals surface area (Å²) in [4.78, 5) is 14.9. The van der Waals surface area contributed by atoms with Gasteiger partial charge in [-0.1, -0.05) is 0 Å². The summed E-state index contributed by atoms with van der Waals surface area (Å²) in [6, 6.07) is 3.79. The Morgan fingerprint density at radius 2 is 2.33 bits per heavy atom. The highest BCUT2D eigenvalue weighted by Gasteiger charge is 2.27. The second-order valence-corrected chi connectivity index (χ2v) is 4.70. The Bertz CT molecular complexity index is 577. The van der Waals surface area contributed by atoms with E-state index in [0.29, 0.717) is 0 Å². The zero-order valence-electron chi connectivity index (χ0n) is 9.75. The lowest BCUT2D eigenvalue weighted by Crippen LogP contribution is -2.33. The van der Waals surface area contributed by atoms with Crippen molar-refractivity contribution in [1.29, 1.82) is 0 Å². The van der Waals surface area contributed by atoms with Crippen LogP contribution in [0.25, 0.3) is 11.0 Å². The number of aromatic nitrogens is 3. The van der Waals surface area contributed by atoms with E-state index in [-0.39, 0.29) is 17.9 Å². The van der Waals surface area contributed by atoms with Gasteiger partial charge >= 0.3 is 0 Å². The van der Waals surface area contributed by atoms with E-state index in [1.165, 1.54) is 0 Å². The minimum absolute atomic E-state index is 0.0983. The van der Waals surface area contributed by atoms with Crippen molar-refractivity contribution in [1.82, 2.24) is 15.0 Å². The van der Waals surface area contributed by atoms with Crippen molar-refractivity contribution in [3.63, 3.8) is 0 Å². The van der Waals surface area contributed by atoms with Gasteiger partial charge < -0.3 is 10.0 Å². The molecule has 1 atom stereocenters. The van der Waals surface area contributed by atoms with Gasteiger partial charge in [-0.3, -0.25) is 4.98 Å². The van der Waals surface area contributed by atoms with Crippen LogP contribution in [0.3, 0.4) is 0 Å². The molecule has 1 saturated heterocycles. The van der Waals surface area contributed by atoms with Crippen molar-refractivity contribution in [2.75, 3.05) is 18.1 Å². The van der Waals surface area contributed by atoms with Crippen LogP contribution in [0.5, 0.6) is 0 Å². The van der Waals surface area contributed by atoms with Crippen molar-refractivity contribution >= 4 is 28.5 Å². The van der Waals surface area contributed by atoms with Gasteiger partial charge in [-0.05, 0) is 36.6 Å². The minimum atomic E-state index is 0.0983. The lowest BCUT2D eigenvalue weighted by molar-refractivity contribution is 0.266. The van der Waals surface area contributed by atoms with Gasteiger partial charge in [0.1, 0.15) is 5.52 Å². The molecule has 1 unspecified atom stereocenters. The summed E-state index contributed by atoms with van der Waals surface area (Å²) >= 11 is 5.95. The molecular formula is C12H13ClN4O. The van der Waals surface area contributed by atoms with Gasteiger partial charge in [0, 0.05) is 12.7 Å². The SMILES string of the molecule is OCC1CCCN1c1nc(Cl)nc2cccnc12. The number of aliphatic hydroxyl groups is 1. The second kappa shape index (κ2) is 4.66. The number of fused-ring (bicyclic) bond motifs is 1. The molecule has 0 spiro atoms. The maximum Gasteiger partial charge on any atom is 0.225 e. The molecule has 94 valence electrons. The van der Waals surface area contributed by atoms with E-state index in [4.69, 9.17) is 11.6 Å². The van der Waals surface area contributed by atoms with Crippen LogP contribution >= 0.6 is 11.6 Å². The average molecular weight is 265 g/mol. The predicted molar refractivity (Wildman–Crippen MR) is 69.8 cm³/mol. The third-order valence-corrected chi connectivity index (χ3v) is 3.44. The van der Waals surface area contributed by atoms with Crippen LogP contribution in [-0.2, 0) is 0 Å². The van der Waals surface area contributed by atoms with Crippen LogP contribution < -0.4 is 4.90 Å². The lowest BCUT2D eigenvalue weighted by atomic mass is 10.2. The first-order valence-electron chi connectivity index (χ1n) is 5.95. The average Bonchev–Trinajstić information content (AvgIpc) is 2.85. The molecular weight excluding hydrogens is 252 g/mol. The second-order valence-electron chi connectivity index (χ2n) is 4.36. The summed E-state index contributed by atoms with van der Waals surface area (Å²) in [5.74, 6) is 0.724. The largest absolute Gasteiger partial charge is 0.394 e. The summed E-state index contributed by atoms with van der Waals surface area (Å²) in [6.45, 7) is 0.986. The molecule has 0 radical (unpaired) electrons. The molecule has 2 aromatic heterocycles. The zero-order chi connectivity index (χ0) is 12.5. The molecule has 3 rings (SSSR count). The monoisotopic (exact) mass is 264 g/mol. The normalized spacial score (nSPS) is 19.7. The van der Waals surface area contributed by atoms with Gasteiger partial charge in [-0.2, -0.15) is 4.98 Å². The van der Waals surface area contributed by atoms with Crippen LogP contribution in [-0.4, -0.2) is 39.3 Å². The van der Waals surface area contributed by atoms with E-state index < -0.39 is 0 Å². The number of aliphatic hydroxyl groups excluding tert-OH is 1. The van der Waals surface area contributed by atoms with Gasteiger partial charge in [-0.15, -0.1) is 0 Å². The molecule has 1 fully saturated rings. The highest BCUT2D eigenvalue weighted by molar-refractivity contribution is 6.28. The van der Waals surface area contributed by atoms with Crippen LogP contribution in [0.15, 0.2) is 18.3 Å². The zero-order valence-corrected chi connectivity index (χ0v) is 10.5. The van der Waals surface area contributed by atoms with E-state index >= 15 is 0 Å². The van der Waals surface area contributed by atoms with Crippen molar-refractivity contribution < 1.29 is 5.11 Å². The Labute approximate surface area is 109 Å². The lowest BCUT2D eigenvalue weighted by Gasteiger charge is -2.24. The topological polar surface area (TPSA) is 62.1 Å². The Morgan fingerprint density at radius 1 is 1.44 bits per heavy atom. The molecule has 3 heterocycles. The van der Waals surface area contributed by atoms with Crippen LogP contribution in [0, 0.1) is 0 Å². The number of rotatable bonds is 2. The minimum Gasteiger partial charge on any atom is -0.394 e. The van der Waals surface area contributed by atoms with Crippen LogP contribution in [0.2, 0.25) is 5.28 Å². The van der Waals surface area contributed by atoms with Crippen molar-refractivity contribution in [2.45, 2.75) is 18.9 Å². The van der Waals surface area contributed by atoms with E-state index in [2.05, 4.69) is 19.9 Å². The number of nitrogens with zero attached hydrogens (tertiary/aromatic N) is 4. The highest BCUT2D eigenvalue weighted by Crippen LogP contribution is 2.29. The summed E-state index contributed by atoms with van der Waals surface area (Å²) in [5, 5.41) is 9.62. The van der Waals surface area contributed by atoms with E-state index in [9.17, 15) is 5.11 Å². The van der Waals surface area contributed by atoms with Gasteiger partial charge in [0.05, 0.1) is 18.2 Å². The molecule has 1 aliphatic rings. The standard InChI is InChI=1S/C12H13ClN4O/c13-12-15-9-4-1-5-14-10(9)11(16-12)17-6-2-3-8(17)7-18/h1,4-5,8,18H,2-3,6-7H2. The fraction of sp³-hybridized carbons (Fsp3) is 0.417. The molecule has 6 heteroatoms. The molecule has 0 amide bonds. The van der Waals surface area contributed by atoms with E-state index in [1.807, 2.05) is 12.1 Å². The smallest absolute Gasteiger partial charge is 0.225 e. The number of halogens is 1. The van der Waals surface area contributed by atoms with Crippen LogP contribution in [0.4, 0.5) is 5.82 Å². The van der Waals surface area contributed by atoms with Gasteiger partial charge in [0.2, 0.25) is 5.28 Å². The fourth-order valence-electron chi connectivity index (χ4n) is 2.43. The van der Waals surface area contributed by atoms with Crippen molar-refractivity contribution in [2.24, 2.45) is 0 Å². The third-order valence-electron chi connectivity index (χ3n) is 3.27. The van der Waals surface area contributed by atoms with Crippen molar-refractivity contribution in [3.8, 4) is 0 Å². The first-order valence-corrected chi connectivity index (χ1v) is 6.33. The van der Waals surface area contributed by atoms with E-state index in [1.54, 1.807) is 6.20 Å². The Kier molecular flexibility index (Phi) is 3.01. The highest BCUT2D eigenvalue weighted by atomic mass is 35.5. The molecule has 0 bridgehead atoms. The van der Waals surface area contributed by atoms with E-state index in [0.717, 1.165) is 36.2 Å². The maximum atomic E-state index is 9.40. The molecule has 1 N–H and O–H groups in total. The molecule has 0 aromatic carbocycles. The summed E-state index contributed by atoms with van der Waals surface area (Å²) in [7, 11) is 0. The fourth-order valence-corrected chi connectivity index (χ4v) is 2.60. The maximum absolute atomic E-state index is 9.40. The molecule has 2 aromatic rings. The van der Waals surface area contributed by atoms with Gasteiger partial charge in [0.25, 0.3) is 0 Å². The van der Waals surface area contributed by atoms with Gasteiger partial charge in [-0.25, -0.2) is 4.98 Å². The molecule has 1 aliphatic heterocycles. The predicted octanol–water partition coefficient (Wildman–Crippen LogP) is 1.64. The Hall–Kier alpha value is -1.46.